The van der Waals surface area contributed by atoms with E-state index in [0.29, 0.717) is 14.6 Å². The molecule has 1 rings (SSSR count). The fraction of sp³-hybridized carbons (Fsp3) is 0.375. The first-order chi connectivity index (χ1) is 6.61. The molecule has 1 aromatic heterocycles. The average Bonchev–Trinajstić information content (AvgIpc) is 2.16. The summed E-state index contributed by atoms with van der Waals surface area (Å²) in [5, 5.41) is 0.396. The van der Waals surface area contributed by atoms with Gasteiger partial charge in [0.15, 0.2) is 5.75 Å². The minimum atomic E-state index is -2.54. The zero-order chi connectivity index (χ0) is 10.7. The lowest BCUT2D eigenvalue weighted by atomic mass is 10.2. The Balaban J connectivity index is 3.35. The molecule has 0 amide bonds. The molecule has 0 unspecified atom stereocenters. The van der Waals surface area contributed by atoms with E-state index in [4.69, 9.17) is 4.74 Å². The van der Waals surface area contributed by atoms with E-state index in [-0.39, 0.29) is 11.3 Å². The Labute approximate surface area is 102 Å². The second-order valence-corrected chi connectivity index (χ2v) is 4.16. The molecule has 0 atom stereocenters. The summed E-state index contributed by atoms with van der Waals surface area (Å²) in [6, 6.07) is 0. The Morgan fingerprint density at radius 2 is 2.29 bits per heavy atom. The van der Waals surface area contributed by atoms with E-state index in [1.807, 2.05) is 22.6 Å². The standard InChI is InChI=1S/C8H7BrF2INO/c1-14-7-5(2-9)13-3-4(12)6(7)8(10)11/h3,8H,2H2,1H3. The molecule has 1 heterocycles. The van der Waals surface area contributed by atoms with Crippen LogP contribution in [0.1, 0.15) is 17.7 Å². The van der Waals surface area contributed by atoms with Crippen molar-refractivity contribution in [2.75, 3.05) is 7.11 Å². The molecule has 1 aromatic rings. The number of pyridine rings is 1. The zero-order valence-electron chi connectivity index (χ0n) is 7.23. The Hall–Kier alpha value is 0.0200. The molecule has 0 radical (unpaired) electrons. The summed E-state index contributed by atoms with van der Waals surface area (Å²) in [5.74, 6) is 0.170. The lowest BCUT2D eigenvalue weighted by molar-refractivity contribution is 0.145. The van der Waals surface area contributed by atoms with Gasteiger partial charge in [-0.25, -0.2) is 8.78 Å². The van der Waals surface area contributed by atoms with Gasteiger partial charge in [0.1, 0.15) is 0 Å². The highest BCUT2D eigenvalue weighted by molar-refractivity contribution is 14.1. The van der Waals surface area contributed by atoms with Gasteiger partial charge < -0.3 is 4.74 Å². The number of hydrogen-bond acceptors (Lipinski definition) is 2. The van der Waals surface area contributed by atoms with E-state index in [1.165, 1.54) is 13.3 Å². The Bertz CT molecular complexity index is 335. The van der Waals surface area contributed by atoms with E-state index in [2.05, 4.69) is 20.9 Å². The molecular weight excluding hydrogens is 371 g/mol. The third-order valence-corrected chi connectivity index (χ3v) is 3.04. The molecule has 0 saturated carbocycles. The predicted octanol–water partition coefficient (Wildman–Crippen LogP) is 3.53. The van der Waals surface area contributed by atoms with Crippen LogP contribution in [0, 0.1) is 3.57 Å². The molecule has 0 aromatic carbocycles. The maximum absolute atomic E-state index is 12.7. The number of alkyl halides is 3. The second kappa shape index (κ2) is 5.20. The second-order valence-electron chi connectivity index (χ2n) is 2.43. The molecule has 6 heteroatoms. The Kier molecular flexibility index (Phi) is 4.49. The topological polar surface area (TPSA) is 22.1 Å². The Morgan fingerprint density at radius 3 is 2.71 bits per heavy atom. The van der Waals surface area contributed by atoms with E-state index in [1.54, 1.807) is 0 Å². The smallest absolute Gasteiger partial charge is 0.268 e. The maximum atomic E-state index is 12.7. The molecule has 0 bridgehead atoms. The lowest BCUT2D eigenvalue weighted by Crippen LogP contribution is -2.01. The van der Waals surface area contributed by atoms with Crippen LogP contribution in [0.15, 0.2) is 6.20 Å². The van der Waals surface area contributed by atoms with E-state index in [0.717, 1.165) is 0 Å². The molecule has 0 aliphatic heterocycles. The first kappa shape index (κ1) is 12.1. The summed E-state index contributed by atoms with van der Waals surface area (Å²) in [6.45, 7) is 0. The summed E-state index contributed by atoms with van der Waals surface area (Å²) >= 11 is 4.99. The fourth-order valence-corrected chi connectivity index (χ4v) is 2.07. The van der Waals surface area contributed by atoms with Crippen LogP contribution in [0.2, 0.25) is 0 Å². The SMILES string of the molecule is COc1c(CBr)ncc(I)c1C(F)F. The third-order valence-electron chi connectivity index (χ3n) is 1.65. The van der Waals surface area contributed by atoms with Gasteiger partial charge in [-0.15, -0.1) is 0 Å². The van der Waals surface area contributed by atoms with Crippen molar-refractivity contribution in [3.8, 4) is 5.75 Å². The Morgan fingerprint density at radius 1 is 1.64 bits per heavy atom. The minimum absolute atomic E-state index is 0.0856. The lowest BCUT2D eigenvalue weighted by Gasteiger charge is -2.12. The zero-order valence-corrected chi connectivity index (χ0v) is 11.0. The molecule has 0 spiro atoms. The van der Waals surface area contributed by atoms with Crippen LogP contribution in [0.4, 0.5) is 8.78 Å². The molecule has 78 valence electrons. The number of nitrogens with zero attached hydrogens (tertiary/aromatic N) is 1. The number of methoxy groups -OCH3 is 1. The average molecular weight is 378 g/mol. The van der Waals surface area contributed by atoms with Gasteiger partial charge in [0.25, 0.3) is 6.43 Å². The van der Waals surface area contributed by atoms with Gasteiger partial charge in [0.2, 0.25) is 0 Å². The van der Waals surface area contributed by atoms with Crippen LogP contribution in [0.25, 0.3) is 0 Å². The van der Waals surface area contributed by atoms with Crippen LogP contribution < -0.4 is 4.74 Å². The van der Waals surface area contributed by atoms with Crippen molar-refractivity contribution in [3.05, 3.63) is 21.0 Å². The van der Waals surface area contributed by atoms with Crippen LogP contribution >= 0.6 is 38.5 Å². The number of hydrogen-bond donors (Lipinski definition) is 0. The summed E-state index contributed by atoms with van der Waals surface area (Å²) < 4.78 is 30.7. The van der Waals surface area contributed by atoms with E-state index in [9.17, 15) is 8.78 Å². The van der Waals surface area contributed by atoms with Gasteiger partial charge in [-0.1, -0.05) is 15.9 Å². The minimum Gasteiger partial charge on any atom is -0.494 e. The van der Waals surface area contributed by atoms with Gasteiger partial charge in [0.05, 0.1) is 18.4 Å². The molecule has 0 N–H and O–H groups in total. The maximum Gasteiger partial charge on any atom is 0.268 e. The molecule has 2 nitrogen and oxygen atoms in total. The van der Waals surface area contributed by atoms with Gasteiger partial charge in [-0.3, -0.25) is 4.98 Å². The number of ether oxygens (including phenoxy) is 1. The van der Waals surface area contributed by atoms with Crippen molar-refractivity contribution >= 4 is 38.5 Å². The monoisotopic (exact) mass is 377 g/mol. The van der Waals surface area contributed by atoms with E-state index < -0.39 is 6.43 Å². The van der Waals surface area contributed by atoms with Crippen LogP contribution in [0.5, 0.6) is 5.75 Å². The van der Waals surface area contributed by atoms with Gasteiger partial charge in [-0.05, 0) is 22.6 Å². The highest BCUT2D eigenvalue weighted by atomic mass is 127. The first-order valence-corrected chi connectivity index (χ1v) is 5.87. The number of rotatable bonds is 3. The number of halogens is 4. The van der Waals surface area contributed by atoms with Crippen LogP contribution in [0.3, 0.4) is 0 Å². The van der Waals surface area contributed by atoms with Crippen LogP contribution in [-0.2, 0) is 5.33 Å². The van der Waals surface area contributed by atoms with Crippen molar-refractivity contribution in [1.29, 1.82) is 0 Å². The third kappa shape index (κ3) is 2.33. The van der Waals surface area contributed by atoms with Crippen LogP contribution in [-0.4, -0.2) is 12.1 Å². The van der Waals surface area contributed by atoms with Gasteiger partial charge in [-0.2, -0.15) is 0 Å². The van der Waals surface area contributed by atoms with E-state index >= 15 is 0 Å². The molecule has 0 aliphatic carbocycles. The van der Waals surface area contributed by atoms with Crippen molar-refractivity contribution < 1.29 is 13.5 Å². The molecule has 0 saturated heterocycles. The molecular formula is C8H7BrF2INO. The summed E-state index contributed by atoms with van der Waals surface area (Å²) in [5.41, 5.74) is 0.403. The summed E-state index contributed by atoms with van der Waals surface area (Å²) in [4.78, 5) is 4.00. The normalized spacial score (nSPS) is 10.7. The van der Waals surface area contributed by atoms with Crippen molar-refractivity contribution in [1.82, 2.24) is 4.98 Å². The van der Waals surface area contributed by atoms with Gasteiger partial charge >= 0.3 is 0 Å². The van der Waals surface area contributed by atoms with Gasteiger partial charge in [0, 0.05) is 15.1 Å². The molecule has 0 fully saturated rings. The quantitative estimate of drug-likeness (QED) is 0.594. The fourth-order valence-electron chi connectivity index (χ4n) is 1.05. The largest absolute Gasteiger partial charge is 0.494 e. The molecule has 14 heavy (non-hydrogen) atoms. The first-order valence-electron chi connectivity index (χ1n) is 3.67. The predicted molar refractivity (Wildman–Crippen MR) is 61.1 cm³/mol. The van der Waals surface area contributed by atoms with Crippen molar-refractivity contribution in [2.45, 2.75) is 11.8 Å². The summed E-state index contributed by atoms with van der Waals surface area (Å²) in [7, 11) is 1.37. The van der Waals surface area contributed by atoms with Crippen molar-refractivity contribution in [3.63, 3.8) is 0 Å². The highest BCUT2D eigenvalue weighted by Crippen LogP contribution is 2.35. The summed E-state index contributed by atoms with van der Waals surface area (Å²) in [6.07, 6.45) is -1.13. The number of aromatic nitrogens is 1. The molecule has 0 aliphatic rings. The van der Waals surface area contributed by atoms with Crippen molar-refractivity contribution in [2.24, 2.45) is 0 Å². The highest BCUT2D eigenvalue weighted by Gasteiger charge is 2.21.